The van der Waals surface area contributed by atoms with Crippen LogP contribution in [0.5, 0.6) is 0 Å². The summed E-state index contributed by atoms with van der Waals surface area (Å²) in [5, 5.41) is 37.6. The van der Waals surface area contributed by atoms with Gasteiger partial charge in [-0.2, -0.15) is 21.0 Å². The molecule has 0 unspecified atom stereocenters. The van der Waals surface area contributed by atoms with Gasteiger partial charge in [0.05, 0.1) is 40.3 Å². The van der Waals surface area contributed by atoms with Gasteiger partial charge in [0.1, 0.15) is 23.4 Å². The molecule has 3 aromatic carbocycles. The largest absolute Gasteiger partial charge is 0.243 e. The number of allylic oxidation sites excluding steroid dienone is 1. The first-order valence-electron chi connectivity index (χ1n) is 10.3. The zero-order valence-corrected chi connectivity index (χ0v) is 17.6. The molecule has 0 atom stereocenters. The number of benzene rings is 3. The van der Waals surface area contributed by atoms with Gasteiger partial charge in [-0.3, -0.25) is 0 Å². The van der Waals surface area contributed by atoms with Crippen LogP contribution >= 0.6 is 0 Å². The second kappa shape index (κ2) is 8.18. The number of hydrogen-bond donors (Lipinski definition) is 0. The quantitative estimate of drug-likeness (QED) is 0.345. The molecule has 1 aromatic heterocycles. The Bertz CT molecular complexity index is 1650. The maximum Gasteiger partial charge on any atom is 0.139 e. The maximum absolute atomic E-state index is 9.63. The highest BCUT2D eigenvalue weighted by molar-refractivity contribution is 6.02. The summed E-state index contributed by atoms with van der Waals surface area (Å²) in [4.78, 5) is 9.92. The van der Waals surface area contributed by atoms with E-state index in [4.69, 9.17) is 9.97 Å². The Labute approximate surface area is 195 Å². The van der Waals surface area contributed by atoms with Crippen molar-refractivity contribution < 1.29 is 0 Å². The van der Waals surface area contributed by atoms with Crippen molar-refractivity contribution in [3.63, 3.8) is 0 Å². The zero-order valence-electron chi connectivity index (χ0n) is 17.6. The van der Waals surface area contributed by atoms with E-state index in [0.29, 0.717) is 39.5 Å². The molecule has 0 saturated carbocycles. The molecular formula is C28H12N6. The van der Waals surface area contributed by atoms with E-state index in [2.05, 4.69) is 12.1 Å². The molecule has 0 amide bonds. The molecule has 5 rings (SSSR count). The van der Waals surface area contributed by atoms with Crippen molar-refractivity contribution in [1.29, 1.82) is 21.0 Å². The number of aromatic nitrogens is 2. The molecule has 154 valence electrons. The highest BCUT2D eigenvalue weighted by Gasteiger charge is 2.31. The van der Waals surface area contributed by atoms with Crippen LogP contribution in [0.2, 0.25) is 0 Å². The summed E-state index contributed by atoms with van der Waals surface area (Å²) in [6, 6.07) is 29.7. The molecule has 0 spiro atoms. The highest BCUT2D eigenvalue weighted by Crippen LogP contribution is 2.46. The molecule has 6 heteroatoms. The molecule has 0 radical (unpaired) electrons. The van der Waals surface area contributed by atoms with Crippen LogP contribution in [0.1, 0.15) is 22.4 Å². The van der Waals surface area contributed by atoms with Gasteiger partial charge in [0.25, 0.3) is 0 Å². The number of nitriles is 4. The molecular weight excluding hydrogens is 420 g/mol. The number of rotatable bonds is 2. The van der Waals surface area contributed by atoms with Crippen LogP contribution in [0, 0.1) is 45.3 Å². The van der Waals surface area contributed by atoms with Gasteiger partial charge in [-0.15, -0.1) is 0 Å². The Kier molecular flexibility index (Phi) is 4.89. The van der Waals surface area contributed by atoms with Crippen LogP contribution in [0.25, 0.3) is 39.3 Å². The van der Waals surface area contributed by atoms with Crippen LogP contribution in [0.15, 0.2) is 78.4 Å². The maximum atomic E-state index is 9.63. The fourth-order valence-electron chi connectivity index (χ4n) is 4.03. The third-order valence-corrected chi connectivity index (χ3v) is 5.63. The van der Waals surface area contributed by atoms with Crippen LogP contribution in [-0.2, 0) is 0 Å². The first-order chi connectivity index (χ1) is 16.7. The lowest BCUT2D eigenvalue weighted by Gasteiger charge is -2.12. The third-order valence-electron chi connectivity index (χ3n) is 5.63. The van der Waals surface area contributed by atoms with Crippen LogP contribution < -0.4 is 0 Å². The normalized spacial score (nSPS) is 10.8. The van der Waals surface area contributed by atoms with E-state index < -0.39 is 0 Å². The van der Waals surface area contributed by atoms with Crippen molar-refractivity contribution >= 4 is 5.57 Å². The van der Waals surface area contributed by atoms with Gasteiger partial charge in [0.15, 0.2) is 0 Å². The molecule has 34 heavy (non-hydrogen) atoms. The topological polar surface area (TPSA) is 121 Å². The van der Waals surface area contributed by atoms with Gasteiger partial charge in [-0.05, 0) is 29.8 Å². The first kappa shape index (κ1) is 20.3. The summed E-state index contributed by atoms with van der Waals surface area (Å²) in [7, 11) is 0. The monoisotopic (exact) mass is 432 g/mol. The van der Waals surface area contributed by atoms with Gasteiger partial charge in [0, 0.05) is 22.3 Å². The molecule has 0 N–H and O–H groups in total. The molecule has 1 aliphatic rings. The number of hydrogen-bond acceptors (Lipinski definition) is 6. The highest BCUT2D eigenvalue weighted by atomic mass is 14.9. The Morgan fingerprint density at radius 3 is 1.47 bits per heavy atom. The van der Waals surface area contributed by atoms with Crippen molar-refractivity contribution in [2.45, 2.75) is 0 Å². The van der Waals surface area contributed by atoms with E-state index in [-0.39, 0.29) is 5.57 Å². The van der Waals surface area contributed by atoms with Crippen molar-refractivity contribution in [2.24, 2.45) is 0 Å². The molecule has 4 aromatic rings. The van der Waals surface area contributed by atoms with E-state index in [9.17, 15) is 21.0 Å². The zero-order chi connectivity index (χ0) is 23.7. The van der Waals surface area contributed by atoms with Gasteiger partial charge in [-0.1, -0.05) is 48.5 Å². The molecule has 6 nitrogen and oxygen atoms in total. The predicted molar refractivity (Wildman–Crippen MR) is 125 cm³/mol. The van der Waals surface area contributed by atoms with E-state index in [1.165, 1.54) is 0 Å². The second-order valence-corrected chi connectivity index (χ2v) is 7.52. The average Bonchev–Trinajstić information content (AvgIpc) is 3.22. The number of nitrogens with zero attached hydrogens (tertiary/aromatic N) is 6. The Hall–Kier alpha value is -5.56. The lowest BCUT2D eigenvalue weighted by atomic mass is 10.0. The van der Waals surface area contributed by atoms with Crippen molar-refractivity contribution in [1.82, 2.24) is 9.97 Å². The van der Waals surface area contributed by atoms with E-state index >= 15 is 0 Å². The lowest BCUT2D eigenvalue weighted by Crippen LogP contribution is -2.00. The van der Waals surface area contributed by atoms with Crippen LogP contribution in [0.4, 0.5) is 0 Å². The smallest absolute Gasteiger partial charge is 0.139 e. The van der Waals surface area contributed by atoms with Crippen LogP contribution in [-0.4, -0.2) is 9.97 Å². The molecule has 0 fully saturated rings. The molecule has 0 bridgehead atoms. The minimum absolute atomic E-state index is 0.0302. The fourth-order valence-corrected chi connectivity index (χ4v) is 4.03. The first-order valence-corrected chi connectivity index (χ1v) is 10.3. The van der Waals surface area contributed by atoms with Crippen molar-refractivity contribution in [2.75, 3.05) is 0 Å². The summed E-state index contributed by atoms with van der Waals surface area (Å²) < 4.78 is 0. The molecule has 1 heterocycles. The summed E-state index contributed by atoms with van der Waals surface area (Å²) in [5.74, 6) is 0. The van der Waals surface area contributed by atoms with Crippen LogP contribution in [0.3, 0.4) is 0 Å². The summed E-state index contributed by atoms with van der Waals surface area (Å²) in [6.45, 7) is 0. The SMILES string of the molecule is N#CC(C#N)=C1c2ccccc2-c2nc(-c3ccc(C#N)cc3)c(-c3ccc(C#N)cc3)nc21. The Balaban J connectivity index is 1.86. The van der Waals surface area contributed by atoms with E-state index in [1.54, 1.807) is 36.4 Å². The minimum Gasteiger partial charge on any atom is -0.243 e. The standard InChI is InChI=1S/C28H12N6/c29-13-17-5-9-19(10-6-17)25-26(20-11-7-18(14-30)8-12-20)34-28-24(21(15-31)16-32)22-3-1-2-4-23(22)27(28)33-25/h1-12H. The second-order valence-electron chi connectivity index (χ2n) is 7.52. The van der Waals surface area contributed by atoms with Gasteiger partial charge in [-0.25, -0.2) is 9.97 Å². The summed E-state index contributed by atoms with van der Waals surface area (Å²) in [5.41, 5.74) is 6.71. The molecule has 0 aliphatic heterocycles. The molecule has 1 aliphatic carbocycles. The summed E-state index contributed by atoms with van der Waals surface area (Å²) in [6.07, 6.45) is 0. The third kappa shape index (κ3) is 3.17. The van der Waals surface area contributed by atoms with Crippen molar-refractivity contribution in [3.8, 4) is 58.0 Å². The Morgan fingerprint density at radius 2 is 1.00 bits per heavy atom. The van der Waals surface area contributed by atoms with Crippen molar-refractivity contribution in [3.05, 3.63) is 101 Å². The minimum atomic E-state index is -0.0302. The van der Waals surface area contributed by atoms with E-state index in [1.807, 2.05) is 48.5 Å². The van der Waals surface area contributed by atoms with Gasteiger partial charge >= 0.3 is 0 Å². The van der Waals surface area contributed by atoms with Gasteiger partial charge in [0.2, 0.25) is 0 Å². The summed E-state index contributed by atoms with van der Waals surface area (Å²) >= 11 is 0. The number of fused-ring (bicyclic) bond motifs is 3. The predicted octanol–water partition coefficient (Wildman–Crippen LogP) is 5.38. The lowest BCUT2D eigenvalue weighted by molar-refractivity contribution is 1.20. The Morgan fingerprint density at radius 1 is 0.529 bits per heavy atom. The fraction of sp³-hybridized carbons (Fsp3) is 0. The molecule has 0 saturated heterocycles. The van der Waals surface area contributed by atoms with E-state index in [0.717, 1.165) is 22.3 Å². The van der Waals surface area contributed by atoms with Gasteiger partial charge < -0.3 is 0 Å². The average molecular weight is 432 g/mol.